The second-order valence-electron chi connectivity index (χ2n) is 8.22. The third kappa shape index (κ3) is 4.23. The Labute approximate surface area is 149 Å². The minimum Gasteiger partial charge on any atom is -0.348 e. The molecule has 140 valence electrons. The van der Waals surface area contributed by atoms with Gasteiger partial charge in [-0.2, -0.15) is 5.10 Å². The summed E-state index contributed by atoms with van der Waals surface area (Å²) in [7, 11) is -3.15. The molecular formula is C17H28N4O3S. The van der Waals surface area contributed by atoms with Crippen LogP contribution in [0.5, 0.6) is 0 Å². The molecule has 8 heteroatoms. The second kappa shape index (κ2) is 6.39. The zero-order chi connectivity index (χ0) is 18.4. The Morgan fingerprint density at radius 1 is 1.20 bits per heavy atom. The van der Waals surface area contributed by atoms with Gasteiger partial charge in [-0.1, -0.05) is 0 Å². The Balaban J connectivity index is 1.66. The van der Waals surface area contributed by atoms with E-state index in [1.807, 2.05) is 10.7 Å². The molecule has 1 aromatic heterocycles. The highest BCUT2D eigenvalue weighted by Crippen LogP contribution is 2.41. The van der Waals surface area contributed by atoms with Crippen molar-refractivity contribution in [2.45, 2.75) is 64.0 Å². The summed E-state index contributed by atoms with van der Waals surface area (Å²) in [6.45, 7) is 7.18. The lowest BCUT2D eigenvalue weighted by atomic mass is 10.1. The van der Waals surface area contributed by atoms with Crippen molar-refractivity contribution >= 4 is 15.9 Å². The largest absolute Gasteiger partial charge is 0.348 e. The minimum atomic E-state index is -3.15. The lowest BCUT2D eigenvalue weighted by molar-refractivity contribution is 0.0917. The Hall–Kier alpha value is -1.41. The molecular weight excluding hydrogens is 340 g/mol. The van der Waals surface area contributed by atoms with E-state index in [-0.39, 0.29) is 17.5 Å². The summed E-state index contributed by atoms with van der Waals surface area (Å²) in [6.07, 6.45) is 4.81. The fourth-order valence-electron chi connectivity index (χ4n) is 3.30. The predicted octanol–water partition coefficient (Wildman–Crippen LogP) is 1.67. The van der Waals surface area contributed by atoms with Crippen LogP contribution in [0.1, 0.15) is 68.6 Å². The molecule has 2 fully saturated rings. The van der Waals surface area contributed by atoms with Gasteiger partial charge in [-0.3, -0.25) is 9.48 Å². The standard InChI is InChI=1S/C17H28N4O3S/c1-17(2,3)21-15(12-5-6-12)11-14(19-21)16(22)18-13-7-9-20(10-8-13)25(4,23)24/h11-13H,5-10H2,1-4H3,(H,18,22). The Morgan fingerprint density at radius 2 is 1.80 bits per heavy atom. The molecule has 1 aliphatic heterocycles. The van der Waals surface area contributed by atoms with Crippen molar-refractivity contribution in [3.05, 3.63) is 17.5 Å². The Morgan fingerprint density at radius 3 is 2.28 bits per heavy atom. The van der Waals surface area contributed by atoms with Crippen LogP contribution >= 0.6 is 0 Å². The molecule has 1 aliphatic carbocycles. The number of hydrogen-bond donors (Lipinski definition) is 1. The molecule has 2 aliphatic rings. The van der Waals surface area contributed by atoms with Gasteiger partial charge < -0.3 is 5.32 Å². The van der Waals surface area contributed by atoms with E-state index < -0.39 is 10.0 Å². The number of nitrogens with one attached hydrogen (secondary N) is 1. The molecule has 7 nitrogen and oxygen atoms in total. The monoisotopic (exact) mass is 368 g/mol. The van der Waals surface area contributed by atoms with E-state index in [0.29, 0.717) is 37.5 Å². The molecule has 1 N–H and O–H groups in total. The molecule has 0 spiro atoms. The van der Waals surface area contributed by atoms with Crippen LogP contribution in [0.15, 0.2) is 6.07 Å². The van der Waals surface area contributed by atoms with Crippen LogP contribution in [-0.4, -0.2) is 53.8 Å². The average Bonchev–Trinajstić information content (AvgIpc) is 3.23. The number of aromatic nitrogens is 2. The number of hydrogen-bond acceptors (Lipinski definition) is 4. The van der Waals surface area contributed by atoms with Crippen LogP contribution in [-0.2, 0) is 15.6 Å². The van der Waals surface area contributed by atoms with Gasteiger partial charge in [-0.25, -0.2) is 12.7 Å². The molecule has 2 heterocycles. The van der Waals surface area contributed by atoms with Gasteiger partial charge in [-0.05, 0) is 52.5 Å². The van der Waals surface area contributed by atoms with Crippen LogP contribution in [0.4, 0.5) is 0 Å². The summed E-state index contributed by atoms with van der Waals surface area (Å²) >= 11 is 0. The van der Waals surface area contributed by atoms with E-state index >= 15 is 0 Å². The number of nitrogens with zero attached hydrogens (tertiary/aromatic N) is 3. The molecule has 0 aromatic carbocycles. The van der Waals surface area contributed by atoms with Gasteiger partial charge in [0.25, 0.3) is 5.91 Å². The first-order valence-corrected chi connectivity index (χ1v) is 10.8. The van der Waals surface area contributed by atoms with Gasteiger partial charge in [-0.15, -0.1) is 0 Å². The van der Waals surface area contributed by atoms with E-state index in [1.165, 1.54) is 10.6 Å². The summed E-state index contributed by atoms with van der Waals surface area (Å²) in [6, 6.07) is 1.92. The third-order valence-electron chi connectivity index (χ3n) is 4.86. The van der Waals surface area contributed by atoms with Gasteiger partial charge in [0, 0.05) is 30.7 Å². The lowest BCUT2D eigenvalue weighted by Gasteiger charge is -2.30. The van der Waals surface area contributed by atoms with Crippen LogP contribution in [0.25, 0.3) is 0 Å². The maximum Gasteiger partial charge on any atom is 0.272 e. The van der Waals surface area contributed by atoms with E-state index in [1.54, 1.807) is 0 Å². The van der Waals surface area contributed by atoms with Crippen LogP contribution in [0.3, 0.4) is 0 Å². The van der Waals surface area contributed by atoms with E-state index in [2.05, 4.69) is 31.2 Å². The number of rotatable bonds is 4. The van der Waals surface area contributed by atoms with Crippen molar-refractivity contribution in [1.82, 2.24) is 19.4 Å². The van der Waals surface area contributed by atoms with Gasteiger partial charge in [0.1, 0.15) is 5.69 Å². The summed E-state index contributed by atoms with van der Waals surface area (Å²) in [5.41, 5.74) is 1.45. The molecule has 0 atom stereocenters. The van der Waals surface area contributed by atoms with Crippen LogP contribution in [0.2, 0.25) is 0 Å². The van der Waals surface area contributed by atoms with Gasteiger partial charge in [0.05, 0.1) is 11.8 Å². The fraction of sp³-hybridized carbons (Fsp3) is 0.765. The number of carbonyl (C=O) groups excluding carboxylic acids is 1. The highest BCUT2D eigenvalue weighted by atomic mass is 32.2. The van der Waals surface area contributed by atoms with Crippen molar-refractivity contribution < 1.29 is 13.2 Å². The Kier molecular flexibility index (Phi) is 4.70. The maximum absolute atomic E-state index is 12.6. The number of piperidine rings is 1. The summed E-state index contributed by atoms with van der Waals surface area (Å²) in [5, 5.41) is 7.58. The first-order valence-electron chi connectivity index (χ1n) is 8.92. The number of carbonyl (C=O) groups is 1. The highest BCUT2D eigenvalue weighted by Gasteiger charge is 2.33. The SMILES string of the molecule is CC(C)(C)n1nc(C(=O)NC2CCN(S(C)(=O)=O)CC2)cc1C1CC1. The number of amides is 1. The van der Waals surface area contributed by atoms with E-state index in [4.69, 9.17) is 0 Å². The smallest absolute Gasteiger partial charge is 0.272 e. The predicted molar refractivity (Wildman–Crippen MR) is 96.1 cm³/mol. The van der Waals surface area contributed by atoms with Crippen LogP contribution in [0, 0.1) is 0 Å². The van der Waals surface area contributed by atoms with Crippen molar-refractivity contribution in [1.29, 1.82) is 0 Å². The third-order valence-corrected chi connectivity index (χ3v) is 6.16. The zero-order valence-corrected chi connectivity index (χ0v) is 16.3. The number of sulfonamides is 1. The molecule has 1 saturated carbocycles. The second-order valence-corrected chi connectivity index (χ2v) is 10.2. The molecule has 0 bridgehead atoms. The molecule has 1 saturated heterocycles. The summed E-state index contributed by atoms with van der Waals surface area (Å²) < 4.78 is 26.6. The fourth-order valence-corrected chi connectivity index (χ4v) is 4.18. The summed E-state index contributed by atoms with van der Waals surface area (Å²) in [4.78, 5) is 12.6. The van der Waals surface area contributed by atoms with Crippen molar-refractivity contribution in [3.8, 4) is 0 Å². The molecule has 3 rings (SSSR count). The lowest BCUT2D eigenvalue weighted by Crippen LogP contribution is -2.46. The molecule has 1 aromatic rings. The van der Waals surface area contributed by atoms with E-state index in [0.717, 1.165) is 18.5 Å². The normalized spacial score (nSPS) is 20.6. The molecule has 0 unspecified atom stereocenters. The zero-order valence-electron chi connectivity index (χ0n) is 15.4. The van der Waals surface area contributed by atoms with Crippen molar-refractivity contribution in [3.63, 3.8) is 0 Å². The van der Waals surface area contributed by atoms with Gasteiger partial charge in [0.15, 0.2) is 0 Å². The molecule has 25 heavy (non-hydrogen) atoms. The molecule has 0 radical (unpaired) electrons. The van der Waals surface area contributed by atoms with Gasteiger partial charge >= 0.3 is 0 Å². The first kappa shape index (κ1) is 18.4. The molecule has 1 amide bonds. The maximum atomic E-state index is 12.6. The van der Waals surface area contributed by atoms with Crippen molar-refractivity contribution in [2.75, 3.05) is 19.3 Å². The quantitative estimate of drug-likeness (QED) is 0.876. The summed E-state index contributed by atoms with van der Waals surface area (Å²) in [5.74, 6) is 0.356. The average molecular weight is 369 g/mol. The van der Waals surface area contributed by atoms with Crippen LogP contribution < -0.4 is 5.32 Å². The first-order chi connectivity index (χ1) is 11.6. The van der Waals surface area contributed by atoms with Gasteiger partial charge in [0.2, 0.25) is 10.0 Å². The Bertz CT molecular complexity index is 751. The van der Waals surface area contributed by atoms with E-state index in [9.17, 15) is 13.2 Å². The van der Waals surface area contributed by atoms with Crippen molar-refractivity contribution in [2.24, 2.45) is 0 Å². The highest BCUT2D eigenvalue weighted by molar-refractivity contribution is 7.88. The topological polar surface area (TPSA) is 84.3 Å². The minimum absolute atomic E-state index is 0.00494.